The molecule has 1 saturated heterocycles. The van der Waals surface area contributed by atoms with Gasteiger partial charge in [0.2, 0.25) is 0 Å². The highest BCUT2D eigenvalue weighted by Gasteiger charge is 2.32. The summed E-state index contributed by atoms with van der Waals surface area (Å²) in [6.45, 7) is 0.706. The first-order chi connectivity index (χ1) is 7.59. The second-order valence-corrected chi connectivity index (χ2v) is 4.40. The zero-order valence-electron chi connectivity index (χ0n) is 9.09. The number of hydrogen-bond donors (Lipinski definition) is 1. The molecule has 1 aromatic rings. The number of nitrogens with zero attached hydrogens (tertiary/aromatic N) is 3. The van der Waals surface area contributed by atoms with Crippen LogP contribution in [0.15, 0.2) is 12.3 Å². The Hall–Kier alpha value is -1.43. The zero-order valence-corrected chi connectivity index (χ0v) is 9.91. The fourth-order valence-electron chi connectivity index (χ4n) is 1.98. The number of aryl methyl sites for hydroxylation is 1. The van der Waals surface area contributed by atoms with Gasteiger partial charge in [-0.3, -0.25) is 9.48 Å². The van der Waals surface area contributed by atoms with Gasteiger partial charge in [-0.05, 0) is 18.9 Å². The Morgan fingerprint density at radius 1 is 1.69 bits per heavy atom. The zero-order chi connectivity index (χ0) is 11.7. The topological polar surface area (TPSA) is 64.2 Å². The Bertz CT molecular complexity index is 428. The van der Waals surface area contributed by atoms with E-state index in [9.17, 15) is 4.79 Å². The SMILES string of the molecule is Cn1ccc(C(=O)N2CCCC2C(N)=S)n1. The highest BCUT2D eigenvalue weighted by Crippen LogP contribution is 2.19. The quantitative estimate of drug-likeness (QED) is 0.753. The fourth-order valence-corrected chi connectivity index (χ4v) is 2.23. The molecule has 0 radical (unpaired) electrons. The molecule has 1 fully saturated rings. The van der Waals surface area contributed by atoms with Crippen LogP contribution >= 0.6 is 12.2 Å². The maximum Gasteiger partial charge on any atom is 0.274 e. The third-order valence-corrected chi connectivity index (χ3v) is 3.05. The van der Waals surface area contributed by atoms with Gasteiger partial charge in [0, 0.05) is 19.8 Å². The lowest BCUT2D eigenvalue weighted by atomic mass is 10.2. The van der Waals surface area contributed by atoms with E-state index in [1.165, 1.54) is 0 Å². The molecule has 1 atom stereocenters. The predicted octanol–water partition coefficient (Wildman–Crippen LogP) is 0.311. The number of aromatic nitrogens is 2. The molecule has 1 aromatic heterocycles. The molecule has 16 heavy (non-hydrogen) atoms. The van der Waals surface area contributed by atoms with E-state index in [0.717, 1.165) is 12.8 Å². The summed E-state index contributed by atoms with van der Waals surface area (Å²) in [6, 6.07) is 1.60. The number of hydrogen-bond acceptors (Lipinski definition) is 3. The van der Waals surface area contributed by atoms with Crippen LogP contribution in [-0.2, 0) is 7.05 Å². The summed E-state index contributed by atoms with van der Waals surface area (Å²) in [5, 5.41) is 4.09. The number of amides is 1. The normalized spacial score (nSPS) is 20.1. The largest absolute Gasteiger partial charge is 0.392 e. The monoisotopic (exact) mass is 238 g/mol. The molecule has 2 N–H and O–H groups in total. The van der Waals surface area contributed by atoms with E-state index >= 15 is 0 Å². The van der Waals surface area contributed by atoms with Gasteiger partial charge in [-0.15, -0.1) is 0 Å². The van der Waals surface area contributed by atoms with E-state index in [1.807, 2.05) is 0 Å². The lowest BCUT2D eigenvalue weighted by Gasteiger charge is -2.22. The van der Waals surface area contributed by atoms with Crippen LogP contribution in [0.2, 0.25) is 0 Å². The summed E-state index contributed by atoms with van der Waals surface area (Å²) >= 11 is 4.97. The van der Waals surface area contributed by atoms with Crippen LogP contribution in [0.3, 0.4) is 0 Å². The van der Waals surface area contributed by atoms with Crippen molar-refractivity contribution in [3.8, 4) is 0 Å². The number of rotatable bonds is 2. The van der Waals surface area contributed by atoms with Gasteiger partial charge < -0.3 is 10.6 Å². The van der Waals surface area contributed by atoms with E-state index in [-0.39, 0.29) is 11.9 Å². The van der Waals surface area contributed by atoms with Crippen LogP contribution in [0.1, 0.15) is 23.3 Å². The molecule has 0 aromatic carbocycles. The summed E-state index contributed by atoms with van der Waals surface area (Å²) in [5.74, 6) is -0.0871. The van der Waals surface area contributed by atoms with Crippen molar-refractivity contribution in [3.05, 3.63) is 18.0 Å². The molecule has 0 spiro atoms. The van der Waals surface area contributed by atoms with Gasteiger partial charge >= 0.3 is 0 Å². The van der Waals surface area contributed by atoms with Gasteiger partial charge in [-0.1, -0.05) is 12.2 Å². The van der Waals surface area contributed by atoms with Gasteiger partial charge in [-0.25, -0.2) is 0 Å². The standard InChI is InChI=1S/C10H14N4OS/c1-13-6-4-7(12-13)10(15)14-5-2-3-8(14)9(11)16/h4,6,8H,2-3,5H2,1H3,(H2,11,16). The van der Waals surface area contributed by atoms with Crippen molar-refractivity contribution in [2.75, 3.05) is 6.54 Å². The second kappa shape index (κ2) is 4.21. The highest BCUT2D eigenvalue weighted by molar-refractivity contribution is 7.80. The van der Waals surface area contributed by atoms with Gasteiger partial charge in [0.05, 0.1) is 11.0 Å². The molecule has 1 aliphatic heterocycles. The molecule has 1 amide bonds. The lowest BCUT2D eigenvalue weighted by molar-refractivity contribution is 0.0763. The maximum atomic E-state index is 12.1. The number of carbonyl (C=O) groups excluding carboxylic acids is 1. The Balaban J connectivity index is 2.18. The Labute approximate surface area is 99.2 Å². The Morgan fingerprint density at radius 3 is 3.00 bits per heavy atom. The van der Waals surface area contributed by atoms with E-state index in [1.54, 1.807) is 28.9 Å². The minimum Gasteiger partial charge on any atom is -0.392 e. The van der Waals surface area contributed by atoms with E-state index in [4.69, 9.17) is 18.0 Å². The van der Waals surface area contributed by atoms with Crippen molar-refractivity contribution >= 4 is 23.1 Å². The van der Waals surface area contributed by atoms with Gasteiger partial charge in [-0.2, -0.15) is 5.10 Å². The van der Waals surface area contributed by atoms with Crippen molar-refractivity contribution in [2.24, 2.45) is 12.8 Å². The van der Waals surface area contributed by atoms with E-state index in [2.05, 4.69) is 5.10 Å². The van der Waals surface area contributed by atoms with Crippen LogP contribution in [0.5, 0.6) is 0 Å². The summed E-state index contributed by atoms with van der Waals surface area (Å²) in [7, 11) is 1.78. The smallest absolute Gasteiger partial charge is 0.274 e. The summed E-state index contributed by atoms with van der Waals surface area (Å²) in [4.78, 5) is 14.2. The Kier molecular flexibility index (Phi) is 2.91. The van der Waals surface area contributed by atoms with Crippen molar-refractivity contribution < 1.29 is 4.79 Å². The minimum absolute atomic E-state index is 0.0871. The Morgan fingerprint density at radius 2 is 2.44 bits per heavy atom. The van der Waals surface area contributed by atoms with Crippen molar-refractivity contribution in [1.82, 2.24) is 14.7 Å². The van der Waals surface area contributed by atoms with Crippen LogP contribution < -0.4 is 5.73 Å². The first-order valence-corrected chi connectivity index (χ1v) is 5.60. The summed E-state index contributed by atoms with van der Waals surface area (Å²) in [5.41, 5.74) is 6.07. The highest BCUT2D eigenvalue weighted by atomic mass is 32.1. The molecular formula is C10H14N4OS. The molecule has 0 saturated carbocycles. The number of carbonyl (C=O) groups is 1. The molecule has 5 nitrogen and oxygen atoms in total. The molecule has 6 heteroatoms. The number of likely N-dealkylation sites (tertiary alicyclic amines) is 1. The molecule has 2 heterocycles. The van der Waals surface area contributed by atoms with E-state index < -0.39 is 0 Å². The first-order valence-electron chi connectivity index (χ1n) is 5.19. The molecule has 2 rings (SSSR count). The van der Waals surface area contributed by atoms with Crippen LogP contribution in [0.25, 0.3) is 0 Å². The first kappa shape index (κ1) is 11.1. The summed E-state index contributed by atoms with van der Waals surface area (Å²) < 4.78 is 1.61. The third kappa shape index (κ3) is 1.92. The molecule has 0 aliphatic carbocycles. The van der Waals surface area contributed by atoms with Gasteiger partial charge in [0.25, 0.3) is 5.91 Å². The number of nitrogens with two attached hydrogens (primary N) is 1. The van der Waals surface area contributed by atoms with Crippen molar-refractivity contribution in [2.45, 2.75) is 18.9 Å². The predicted molar refractivity (Wildman–Crippen MR) is 64.1 cm³/mol. The van der Waals surface area contributed by atoms with E-state index in [0.29, 0.717) is 17.2 Å². The molecular weight excluding hydrogens is 224 g/mol. The second-order valence-electron chi connectivity index (χ2n) is 3.93. The van der Waals surface area contributed by atoms with Crippen LogP contribution in [0.4, 0.5) is 0 Å². The third-order valence-electron chi connectivity index (χ3n) is 2.77. The molecule has 0 bridgehead atoms. The molecule has 86 valence electrons. The number of thiocarbonyl (C=S) groups is 1. The maximum absolute atomic E-state index is 12.1. The average Bonchev–Trinajstić information content (AvgIpc) is 2.84. The lowest BCUT2D eigenvalue weighted by Crippen LogP contribution is -2.43. The minimum atomic E-state index is -0.107. The molecule has 1 unspecified atom stereocenters. The van der Waals surface area contributed by atoms with Crippen LogP contribution in [0, 0.1) is 0 Å². The van der Waals surface area contributed by atoms with Gasteiger partial charge in [0.1, 0.15) is 5.69 Å². The fraction of sp³-hybridized carbons (Fsp3) is 0.500. The van der Waals surface area contributed by atoms with Crippen molar-refractivity contribution in [3.63, 3.8) is 0 Å². The summed E-state index contributed by atoms with van der Waals surface area (Å²) in [6.07, 6.45) is 3.55. The molecule has 1 aliphatic rings. The van der Waals surface area contributed by atoms with Gasteiger partial charge in [0.15, 0.2) is 0 Å². The van der Waals surface area contributed by atoms with Crippen LogP contribution in [-0.4, -0.2) is 38.2 Å². The average molecular weight is 238 g/mol. The van der Waals surface area contributed by atoms with Crippen molar-refractivity contribution in [1.29, 1.82) is 0 Å².